The zero-order chi connectivity index (χ0) is 22.9. The number of amides is 2. The maximum Gasteiger partial charge on any atom is 0.410 e. The minimum absolute atomic E-state index is 0.0504. The van der Waals surface area contributed by atoms with Crippen LogP contribution < -0.4 is 0 Å². The van der Waals surface area contributed by atoms with Crippen LogP contribution in [0.15, 0.2) is 23.3 Å². The third kappa shape index (κ3) is 4.88. The molecule has 3 heterocycles. The van der Waals surface area contributed by atoms with Crippen LogP contribution in [0, 0.1) is 29.4 Å². The Labute approximate surface area is 182 Å². The minimum atomic E-state index is -0.673. The first-order valence-electron chi connectivity index (χ1n) is 10.9. The van der Waals surface area contributed by atoms with E-state index in [0.717, 1.165) is 12.5 Å². The fourth-order valence-electron chi connectivity index (χ4n) is 4.59. The van der Waals surface area contributed by atoms with Crippen molar-refractivity contribution in [1.29, 1.82) is 0 Å². The Balaban J connectivity index is 0.00000132. The van der Waals surface area contributed by atoms with Crippen molar-refractivity contribution in [2.24, 2.45) is 22.9 Å². The zero-order valence-electron chi connectivity index (χ0n) is 18.8. The number of halogens is 2. The largest absolute Gasteiger partial charge is 0.444 e. The molecule has 2 saturated heterocycles. The summed E-state index contributed by atoms with van der Waals surface area (Å²) in [5.74, 6) is -1.62. The monoisotopic (exact) mass is 435 g/mol. The summed E-state index contributed by atoms with van der Waals surface area (Å²) >= 11 is 0. The van der Waals surface area contributed by atoms with Gasteiger partial charge in [0.1, 0.15) is 17.2 Å². The second kappa shape index (κ2) is 8.93. The Morgan fingerprint density at radius 2 is 1.65 bits per heavy atom. The second-order valence-corrected chi connectivity index (χ2v) is 9.10. The van der Waals surface area contributed by atoms with Crippen LogP contribution in [0.3, 0.4) is 0 Å². The molecule has 2 bridgehead atoms. The van der Waals surface area contributed by atoms with Gasteiger partial charge in [-0.2, -0.15) is 5.10 Å². The van der Waals surface area contributed by atoms with Crippen LogP contribution in [0.1, 0.15) is 59.1 Å². The van der Waals surface area contributed by atoms with Gasteiger partial charge in [0.2, 0.25) is 5.91 Å². The first-order chi connectivity index (χ1) is 14.6. The normalized spacial score (nSPS) is 26.7. The van der Waals surface area contributed by atoms with E-state index in [4.69, 9.17) is 4.74 Å². The molecular weight excluding hydrogens is 404 g/mol. The Bertz CT molecular complexity index is 836. The van der Waals surface area contributed by atoms with E-state index >= 15 is 0 Å². The van der Waals surface area contributed by atoms with Gasteiger partial charge in [0, 0.05) is 37.7 Å². The van der Waals surface area contributed by atoms with Gasteiger partial charge in [0.15, 0.2) is 0 Å². The van der Waals surface area contributed by atoms with E-state index in [1.807, 2.05) is 34.6 Å². The van der Waals surface area contributed by atoms with Gasteiger partial charge in [-0.05, 0) is 56.7 Å². The van der Waals surface area contributed by atoms with Gasteiger partial charge in [-0.3, -0.25) is 4.79 Å². The number of piperidine rings is 2. The Morgan fingerprint density at radius 3 is 2.19 bits per heavy atom. The summed E-state index contributed by atoms with van der Waals surface area (Å²) < 4.78 is 32.7. The summed E-state index contributed by atoms with van der Waals surface area (Å²) in [5.41, 5.74) is -0.167. The lowest BCUT2D eigenvalue weighted by Crippen LogP contribution is -2.61. The molecule has 3 aliphatic heterocycles. The van der Waals surface area contributed by atoms with E-state index < -0.39 is 23.3 Å². The molecule has 0 radical (unpaired) electrons. The number of ether oxygens (including phenoxy) is 1. The lowest BCUT2D eigenvalue weighted by Gasteiger charge is -2.53. The molecule has 4 aliphatic rings. The summed E-state index contributed by atoms with van der Waals surface area (Å²) in [6.07, 6.45) is 2.55. The Morgan fingerprint density at radius 1 is 1.06 bits per heavy atom. The highest BCUT2D eigenvalue weighted by atomic mass is 19.1. The summed E-state index contributed by atoms with van der Waals surface area (Å²) in [7, 11) is 0. The standard InChI is InChI=1S/C21H25F2N3O3.C2H6/c1-21(2,3)29-20(28)25-10-13-6-14(11-25)18(13)19(27)26-17(4-5-24-26)12-7-15(22)9-16(23)8-12;1-2/h5,7-9,13-14,17-18H,4,6,10-11H2,1-3H3;1-2H3. The lowest BCUT2D eigenvalue weighted by atomic mass is 9.61. The van der Waals surface area contributed by atoms with E-state index in [-0.39, 0.29) is 29.8 Å². The molecule has 1 aromatic carbocycles. The van der Waals surface area contributed by atoms with Crippen molar-refractivity contribution < 1.29 is 23.1 Å². The van der Waals surface area contributed by atoms with Crippen LogP contribution in [0.25, 0.3) is 0 Å². The quantitative estimate of drug-likeness (QED) is 0.673. The molecule has 2 amide bonds. The maximum absolute atomic E-state index is 13.6. The fourth-order valence-corrected chi connectivity index (χ4v) is 4.59. The third-order valence-corrected chi connectivity index (χ3v) is 5.79. The highest BCUT2D eigenvalue weighted by Crippen LogP contribution is 2.48. The number of carbonyl (C=O) groups excluding carboxylic acids is 2. The van der Waals surface area contributed by atoms with Crippen molar-refractivity contribution >= 4 is 18.2 Å². The van der Waals surface area contributed by atoms with Crippen molar-refractivity contribution in [3.8, 4) is 0 Å². The molecule has 3 atom stereocenters. The van der Waals surface area contributed by atoms with E-state index in [1.54, 1.807) is 11.1 Å². The van der Waals surface area contributed by atoms with Gasteiger partial charge in [-0.1, -0.05) is 13.8 Å². The van der Waals surface area contributed by atoms with Crippen LogP contribution in [0.2, 0.25) is 0 Å². The molecule has 6 nitrogen and oxygen atoms in total. The van der Waals surface area contributed by atoms with Gasteiger partial charge in [-0.25, -0.2) is 18.6 Å². The SMILES string of the molecule is CC.CC(C)(C)OC(=O)N1CC2CC(C1)C2C(=O)N1N=CCC1c1cc(F)cc(F)c1. The average molecular weight is 436 g/mol. The Kier molecular flexibility index (Phi) is 6.67. The molecule has 0 spiro atoms. The van der Waals surface area contributed by atoms with Crippen LogP contribution in [0.5, 0.6) is 0 Å². The van der Waals surface area contributed by atoms with Crippen LogP contribution in [-0.4, -0.2) is 46.8 Å². The van der Waals surface area contributed by atoms with Crippen molar-refractivity contribution in [2.75, 3.05) is 13.1 Å². The number of carbonyl (C=O) groups is 2. The summed E-state index contributed by atoms with van der Waals surface area (Å²) in [4.78, 5) is 27.2. The molecule has 170 valence electrons. The van der Waals surface area contributed by atoms with Crippen LogP contribution in [-0.2, 0) is 9.53 Å². The molecule has 1 aliphatic carbocycles. The first kappa shape index (κ1) is 23.2. The minimum Gasteiger partial charge on any atom is -0.444 e. The molecule has 3 fully saturated rings. The number of benzene rings is 1. The number of hydrogen-bond donors (Lipinski definition) is 0. The van der Waals surface area contributed by atoms with Gasteiger partial charge < -0.3 is 9.64 Å². The Hall–Kier alpha value is -2.51. The first-order valence-corrected chi connectivity index (χ1v) is 10.9. The molecule has 0 aromatic heterocycles. The van der Waals surface area contributed by atoms with Gasteiger partial charge in [0.05, 0.1) is 6.04 Å². The zero-order valence-corrected chi connectivity index (χ0v) is 18.8. The van der Waals surface area contributed by atoms with Crippen molar-refractivity contribution in [3.63, 3.8) is 0 Å². The highest BCUT2D eigenvalue weighted by molar-refractivity contribution is 5.84. The van der Waals surface area contributed by atoms with Gasteiger partial charge in [-0.15, -0.1) is 0 Å². The number of rotatable bonds is 2. The smallest absolute Gasteiger partial charge is 0.410 e. The predicted molar refractivity (Wildman–Crippen MR) is 113 cm³/mol. The third-order valence-electron chi connectivity index (χ3n) is 5.79. The summed E-state index contributed by atoms with van der Waals surface area (Å²) in [6, 6.07) is 2.80. The molecule has 8 heteroatoms. The lowest BCUT2D eigenvalue weighted by molar-refractivity contribution is -0.154. The molecule has 1 aromatic rings. The van der Waals surface area contributed by atoms with Gasteiger partial charge >= 0.3 is 6.09 Å². The number of fused-ring (bicyclic) bond motifs is 2. The second-order valence-electron chi connectivity index (χ2n) is 9.10. The topological polar surface area (TPSA) is 62.2 Å². The molecule has 1 saturated carbocycles. The molecule has 5 rings (SSSR count). The molecule has 0 N–H and O–H groups in total. The number of nitrogens with zero attached hydrogens (tertiary/aromatic N) is 3. The van der Waals surface area contributed by atoms with Crippen molar-refractivity contribution in [1.82, 2.24) is 9.91 Å². The van der Waals surface area contributed by atoms with Crippen molar-refractivity contribution in [3.05, 3.63) is 35.4 Å². The van der Waals surface area contributed by atoms with E-state index in [1.165, 1.54) is 17.1 Å². The highest BCUT2D eigenvalue weighted by Gasteiger charge is 2.54. The molecular formula is C23H31F2N3O3. The van der Waals surface area contributed by atoms with E-state index in [9.17, 15) is 18.4 Å². The fraction of sp³-hybridized carbons (Fsp3) is 0.609. The van der Waals surface area contributed by atoms with Crippen molar-refractivity contribution in [2.45, 2.75) is 59.1 Å². The molecule has 3 unspecified atom stereocenters. The maximum atomic E-state index is 13.6. The summed E-state index contributed by atoms with van der Waals surface area (Å²) in [5, 5.41) is 5.56. The molecule has 31 heavy (non-hydrogen) atoms. The van der Waals surface area contributed by atoms with Crippen LogP contribution in [0.4, 0.5) is 13.6 Å². The van der Waals surface area contributed by atoms with Crippen LogP contribution >= 0.6 is 0 Å². The number of hydrogen-bond acceptors (Lipinski definition) is 4. The average Bonchev–Trinajstić information content (AvgIpc) is 3.17. The van der Waals surface area contributed by atoms with Gasteiger partial charge in [0.25, 0.3) is 0 Å². The summed E-state index contributed by atoms with van der Waals surface area (Å²) in [6.45, 7) is 10.4. The predicted octanol–water partition coefficient (Wildman–Crippen LogP) is 4.75. The van der Waals surface area contributed by atoms with E-state index in [0.29, 0.717) is 25.1 Å². The number of hydrazone groups is 1. The van der Waals surface area contributed by atoms with E-state index in [2.05, 4.69) is 5.10 Å².